The summed E-state index contributed by atoms with van der Waals surface area (Å²) in [6.07, 6.45) is -2.53. The van der Waals surface area contributed by atoms with Crippen LogP contribution in [0.4, 0.5) is 23.7 Å². The first kappa shape index (κ1) is 20.9. The number of alkyl halides is 2. The van der Waals surface area contributed by atoms with Gasteiger partial charge in [0, 0.05) is 28.9 Å². The number of rotatable bonds is 4. The number of halogens is 4. The monoisotopic (exact) mass is 453 g/mol. The molecule has 4 N–H and O–H groups in total. The van der Waals surface area contributed by atoms with Crippen molar-refractivity contribution in [3.8, 4) is 5.88 Å². The van der Waals surface area contributed by atoms with Gasteiger partial charge in [-0.25, -0.2) is 18.0 Å². The lowest BCUT2D eigenvalue weighted by molar-refractivity contribution is -0.0145. The molecule has 2 aromatic heterocycles. The van der Waals surface area contributed by atoms with Gasteiger partial charge in [-0.05, 0) is 24.3 Å². The number of amidine groups is 1. The summed E-state index contributed by atoms with van der Waals surface area (Å²) in [4.78, 5) is 22.9. The van der Waals surface area contributed by atoms with Crippen molar-refractivity contribution < 1.29 is 27.4 Å². The van der Waals surface area contributed by atoms with E-state index in [0.29, 0.717) is 16.1 Å². The molecule has 4 rings (SSSR count). The first-order valence-corrected chi connectivity index (χ1v) is 9.29. The van der Waals surface area contributed by atoms with Crippen LogP contribution in [0.1, 0.15) is 5.56 Å². The molecular weight excluding hydrogens is 439 g/mol. The number of hydrogen-bond acceptors (Lipinski definition) is 6. The number of ether oxygens (including phenoxy) is 2. The van der Waals surface area contributed by atoms with Crippen molar-refractivity contribution >= 4 is 40.3 Å². The van der Waals surface area contributed by atoms with Gasteiger partial charge in [0.15, 0.2) is 5.54 Å². The van der Waals surface area contributed by atoms with E-state index in [0.717, 1.165) is 12.1 Å². The zero-order valence-electron chi connectivity index (χ0n) is 15.7. The minimum absolute atomic E-state index is 0.00441. The minimum atomic E-state index is -3.11. The van der Waals surface area contributed by atoms with Crippen LogP contribution < -0.4 is 15.8 Å². The van der Waals surface area contributed by atoms with Crippen molar-refractivity contribution in [2.75, 3.05) is 18.5 Å². The van der Waals surface area contributed by atoms with Gasteiger partial charge in [-0.15, -0.1) is 0 Å². The summed E-state index contributed by atoms with van der Waals surface area (Å²) in [5, 5.41) is 3.45. The van der Waals surface area contributed by atoms with Crippen LogP contribution in [0, 0.1) is 5.82 Å². The number of aromatic nitrogens is 2. The SMILES string of the molecule is NC1=N[C@@](c2cc(NC(=O)Oc3ccc4c(Cl)c[nH]c4n3)ccc2F)(C(F)F)COC1. The molecule has 1 atom stereocenters. The number of nitrogens with zero attached hydrogens (tertiary/aromatic N) is 2. The first-order chi connectivity index (χ1) is 14.8. The molecule has 31 heavy (non-hydrogen) atoms. The molecule has 1 aromatic carbocycles. The molecule has 12 heteroatoms. The van der Waals surface area contributed by atoms with Crippen LogP contribution in [0.3, 0.4) is 0 Å². The molecule has 8 nitrogen and oxygen atoms in total. The molecule has 0 fully saturated rings. The third kappa shape index (κ3) is 4.01. The highest BCUT2D eigenvalue weighted by molar-refractivity contribution is 6.35. The Balaban J connectivity index is 1.57. The Morgan fingerprint density at radius 1 is 1.35 bits per heavy atom. The molecule has 3 heterocycles. The van der Waals surface area contributed by atoms with Gasteiger partial charge in [0.2, 0.25) is 5.88 Å². The number of carbonyl (C=O) groups excluding carboxylic acids is 1. The van der Waals surface area contributed by atoms with Crippen molar-refractivity contribution in [2.45, 2.75) is 12.0 Å². The number of fused-ring (bicyclic) bond motifs is 1. The third-order valence-corrected chi connectivity index (χ3v) is 4.93. The number of aliphatic imine (C=N–C) groups is 1. The number of hydrogen-bond donors (Lipinski definition) is 3. The maximum absolute atomic E-state index is 14.5. The van der Waals surface area contributed by atoms with Crippen LogP contribution >= 0.6 is 11.6 Å². The van der Waals surface area contributed by atoms with Crippen LogP contribution in [-0.4, -0.2) is 41.5 Å². The highest BCUT2D eigenvalue weighted by Crippen LogP contribution is 2.38. The average molecular weight is 454 g/mol. The van der Waals surface area contributed by atoms with E-state index >= 15 is 0 Å². The summed E-state index contributed by atoms with van der Waals surface area (Å²) in [7, 11) is 0. The van der Waals surface area contributed by atoms with E-state index in [1.165, 1.54) is 18.3 Å². The van der Waals surface area contributed by atoms with Crippen LogP contribution in [0.2, 0.25) is 5.02 Å². The normalized spacial score (nSPS) is 18.8. The first-order valence-electron chi connectivity index (χ1n) is 8.91. The third-order valence-electron chi connectivity index (χ3n) is 4.62. The number of nitrogens with one attached hydrogen (secondary N) is 2. The van der Waals surface area contributed by atoms with Gasteiger partial charge in [0.25, 0.3) is 6.43 Å². The second kappa shape index (κ2) is 8.08. The molecule has 0 saturated carbocycles. The van der Waals surface area contributed by atoms with Crippen molar-refractivity contribution in [2.24, 2.45) is 10.7 Å². The van der Waals surface area contributed by atoms with Crippen molar-refractivity contribution in [1.82, 2.24) is 9.97 Å². The number of amides is 1. The van der Waals surface area contributed by atoms with Gasteiger partial charge >= 0.3 is 6.09 Å². The van der Waals surface area contributed by atoms with Gasteiger partial charge < -0.3 is 20.2 Å². The average Bonchev–Trinajstić information content (AvgIpc) is 3.09. The molecule has 1 amide bonds. The second-order valence-corrected chi connectivity index (χ2v) is 7.12. The van der Waals surface area contributed by atoms with Crippen molar-refractivity contribution in [3.05, 3.63) is 52.9 Å². The number of anilines is 1. The summed E-state index contributed by atoms with van der Waals surface area (Å²) >= 11 is 5.97. The number of aromatic amines is 1. The second-order valence-electron chi connectivity index (χ2n) is 6.71. The number of benzene rings is 1. The summed E-state index contributed by atoms with van der Waals surface area (Å²) in [5.41, 5.74) is 3.16. The van der Waals surface area contributed by atoms with Gasteiger partial charge in [0.05, 0.1) is 11.6 Å². The molecule has 0 unspecified atom stereocenters. The van der Waals surface area contributed by atoms with Gasteiger partial charge in [-0.1, -0.05) is 11.6 Å². The maximum Gasteiger partial charge on any atom is 0.418 e. The molecule has 1 aliphatic heterocycles. The number of nitrogens with two attached hydrogens (primary N) is 1. The molecule has 3 aromatic rings. The lowest BCUT2D eigenvalue weighted by Gasteiger charge is -2.33. The molecule has 0 spiro atoms. The number of carbonyl (C=O) groups is 1. The van der Waals surface area contributed by atoms with E-state index in [2.05, 4.69) is 20.3 Å². The Morgan fingerprint density at radius 3 is 2.90 bits per heavy atom. The molecule has 162 valence electrons. The quantitative estimate of drug-likeness (QED) is 0.555. The smallest absolute Gasteiger partial charge is 0.391 e. The lowest BCUT2D eigenvalue weighted by Crippen LogP contribution is -2.45. The fourth-order valence-electron chi connectivity index (χ4n) is 3.18. The van der Waals surface area contributed by atoms with E-state index < -0.39 is 36.0 Å². The van der Waals surface area contributed by atoms with E-state index in [4.69, 9.17) is 26.8 Å². The Bertz CT molecular complexity index is 1190. The standard InChI is InChI=1S/C19H15ClF3N5O3/c20-12-6-25-16-10(12)2-4-15(27-16)31-18(29)26-9-1-3-13(21)11(5-9)19(17(22)23)8-30-7-14(24)28-19/h1-6,17H,7-8H2,(H2,24,28)(H,25,27)(H,26,29)/t19-/m0/s1. The highest BCUT2D eigenvalue weighted by Gasteiger charge is 2.46. The lowest BCUT2D eigenvalue weighted by atomic mass is 9.90. The Kier molecular flexibility index (Phi) is 5.46. The predicted octanol–water partition coefficient (Wildman–Crippen LogP) is 3.81. The van der Waals surface area contributed by atoms with Crippen LogP contribution in [0.15, 0.2) is 41.5 Å². The zero-order chi connectivity index (χ0) is 22.2. The maximum atomic E-state index is 14.5. The van der Waals surface area contributed by atoms with Crippen molar-refractivity contribution in [1.29, 1.82) is 0 Å². The topological polar surface area (TPSA) is 115 Å². The largest absolute Gasteiger partial charge is 0.418 e. The fraction of sp³-hybridized carbons (Fsp3) is 0.211. The van der Waals surface area contributed by atoms with E-state index in [1.807, 2.05) is 0 Å². The predicted molar refractivity (Wildman–Crippen MR) is 107 cm³/mol. The van der Waals surface area contributed by atoms with Crippen LogP contribution in [0.5, 0.6) is 5.88 Å². The highest BCUT2D eigenvalue weighted by atomic mass is 35.5. The van der Waals surface area contributed by atoms with Gasteiger partial charge in [-0.2, -0.15) is 4.98 Å². The minimum Gasteiger partial charge on any atom is -0.391 e. The van der Waals surface area contributed by atoms with E-state index in [9.17, 15) is 18.0 Å². The molecule has 1 aliphatic rings. The Morgan fingerprint density at radius 2 is 2.16 bits per heavy atom. The molecule has 0 aliphatic carbocycles. The van der Waals surface area contributed by atoms with Gasteiger partial charge in [-0.3, -0.25) is 10.3 Å². The molecule has 0 radical (unpaired) electrons. The summed E-state index contributed by atoms with van der Waals surface area (Å²) in [6, 6.07) is 6.20. The van der Waals surface area contributed by atoms with Gasteiger partial charge in [0.1, 0.15) is 23.9 Å². The summed E-state index contributed by atoms with van der Waals surface area (Å²) in [6.45, 7) is -0.706. The molecule has 0 bridgehead atoms. The molecular formula is C19H15ClF3N5O3. The van der Waals surface area contributed by atoms with Crippen molar-refractivity contribution in [3.63, 3.8) is 0 Å². The summed E-state index contributed by atoms with van der Waals surface area (Å²) < 4.78 is 52.4. The number of pyridine rings is 1. The Labute approximate surface area is 178 Å². The van der Waals surface area contributed by atoms with Crippen LogP contribution in [0.25, 0.3) is 11.0 Å². The summed E-state index contributed by atoms with van der Waals surface area (Å²) in [5.74, 6) is -1.17. The van der Waals surface area contributed by atoms with E-state index in [-0.39, 0.29) is 24.0 Å². The molecule has 0 saturated heterocycles. The Hall–Kier alpha value is -3.31. The fourth-order valence-corrected chi connectivity index (χ4v) is 3.39. The number of H-pyrrole nitrogens is 1. The zero-order valence-corrected chi connectivity index (χ0v) is 16.4. The van der Waals surface area contributed by atoms with Crippen LogP contribution in [-0.2, 0) is 10.3 Å². The van der Waals surface area contributed by atoms with E-state index in [1.54, 1.807) is 6.07 Å².